The summed E-state index contributed by atoms with van der Waals surface area (Å²) in [5, 5.41) is 0. The van der Waals surface area contributed by atoms with Crippen LogP contribution in [0.1, 0.15) is 48.2 Å². The Kier molecular flexibility index (Phi) is 4.65. The van der Waals surface area contributed by atoms with Crippen LogP contribution in [0.4, 0.5) is 5.69 Å². The summed E-state index contributed by atoms with van der Waals surface area (Å²) in [7, 11) is 0. The molecule has 1 fully saturated rings. The smallest absolute Gasteiger partial charge is 0.354 e. The van der Waals surface area contributed by atoms with Crippen LogP contribution in [0.25, 0.3) is 0 Å². The lowest BCUT2D eigenvalue weighted by atomic mass is 9.95. The van der Waals surface area contributed by atoms with Crippen molar-refractivity contribution in [3.63, 3.8) is 0 Å². The molecule has 2 heterocycles. The van der Waals surface area contributed by atoms with Crippen molar-refractivity contribution in [2.24, 2.45) is 0 Å². The first-order valence-corrected chi connectivity index (χ1v) is 9.85. The number of para-hydroxylation sites is 1. The minimum absolute atomic E-state index is 0.0894. The van der Waals surface area contributed by atoms with E-state index < -0.39 is 11.6 Å². The lowest BCUT2D eigenvalue weighted by molar-refractivity contribution is -0.159. The molecule has 0 aromatic heterocycles. The second-order valence-corrected chi connectivity index (χ2v) is 7.90. The Labute approximate surface area is 170 Å². The number of amides is 2. The highest BCUT2D eigenvalue weighted by atomic mass is 16.5. The molecule has 2 aromatic carbocycles. The third kappa shape index (κ3) is 2.90. The Hall–Kier alpha value is -3.15. The van der Waals surface area contributed by atoms with Gasteiger partial charge in [-0.3, -0.25) is 14.5 Å². The second kappa shape index (κ2) is 7.03. The fourth-order valence-electron chi connectivity index (χ4n) is 4.44. The van der Waals surface area contributed by atoms with Crippen molar-refractivity contribution in [3.05, 3.63) is 65.2 Å². The van der Waals surface area contributed by atoms with Crippen LogP contribution in [0.3, 0.4) is 0 Å². The van der Waals surface area contributed by atoms with Gasteiger partial charge in [-0.05, 0) is 38.5 Å². The number of esters is 1. The fourth-order valence-corrected chi connectivity index (χ4v) is 4.44. The zero-order valence-corrected chi connectivity index (χ0v) is 16.8. The van der Waals surface area contributed by atoms with E-state index in [1.54, 1.807) is 24.3 Å². The third-order valence-electron chi connectivity index (χ3n) is 5.60. The van der Waals surface area contributed by atoms with Gasteiger partial charge in [-0.1, -0.05) is 42.0 Å². The minimum atomic E-state index is -1.44. The number of hydrogen-bond acceptors (Lipinski definition) is 4. The number of benzene rings is 2. The van der Waals surface area contributed by atoms with E-state index in [1.165, 1.54) is 9.80 Å². The molecule has 2 aliphatic rings. The van der Waals surface area contributed by atoms with Crippen molar-refractivity contribution in [2.45, 2.75) is 51.9 Å². The molecule has 1 atom stereocenters. The summed E-state index contributed by atoms with van der Waals surface area (Å²) in [6, 6.07) is 14.4. The molecular weight excluding hydrogens is 368 g/mol. The maximum Gasteiger partial charge on any atom is 0.354 e. The van der Waals surface area contributed by atoms with E-state index in [-0.39, 0.29) is 37.3 Å². The van der Waals surface area contributed by atoms with Gasteiger partial charge in [0.1, 0.15) is 6.61 Å². The summed E-state index contributed by atoms with van der Waals surface area (Å²) >= 11 is 0. The molecule has 1 saturated heterocycles. The van der Waals surface area contributed by atoms with Gasteiger partial charge < -0.3 is 9.64 Å². The van der Waals surface area contributed by atoms with E-state index >= 15 is 0 Å². The lowest BCUT2D eigenvalue weighted by Crippen LogP contribution is -2.70. The SMILES string of the molecule is Cc1cccc(COC(=O)[C@@]23CCC(=O)N2c2ccccc2C(=O)N3C(C)C)c1. The molecule has 150 valence electrons. The standard InChI is InChI=1S/C23H24N2O4/c1-15(2)24-21(27)18-9-4-5-10-19(18)25-20(26)11-12-23(24,25)22(28)29-14-17-8-6-7-16(3)13-17/h4-10,13,15H,11-12,14H2,1-3H3/t23-/m1/s1. The van der Waals surface area contributed by atoms with E-state index in [9.17, 15) is 14.4 Å². The number of carbonyl (C=O) groups is 3. The fraction of sp³-hybridized carbons (Fsp3) is 0.348. The van der Waals surface area contributed by atoms with Gasteiger partial charge in [0.05, 0.1) is 11.3 Å². The third-order valence-corrected chi connectivity index (χ3v) is 5.60. The average molecular weight is 392 g/mol. The first kappa shape index (κ1) is 19.2. The Morgan fingerprint density at radius 2 is 1.90 bits per heavy atom. The van der Waals surface area contributed by atoms with Crippen LogP contribution >= 0.6 is 0 Å². The molecule has 0 bridgehead atoms. The number of hydrogen-bond donors (Lipinski definition) is 0. The highest BCUT2D eigenvalue weighted by Crippen LogP contribution is 2.46. The largest absolute Gasteiger partial charge is 0.458 e. The molecule has 0 unspecified atom stereocenters. The van der Waals surface area contributed by atoms with E-state index in [4.69, 9.17) is 4.74 Å². The topological polar surface area (TPSA) is 66.9 Å². The highest BCUT2D eigenvalue weighted by molar-refractivity contribution is 6.15. The highest BCUT2D eigenvalue weighted by Gasteiger charge is 2.62. The summed E-state index contributed by atoms with van der Waals surface area (Å²) in [5.74, 6) is -1.00. The number of nitrogens with zero attached hydrogens (tertiary/aromatic N) is 2. The normalized spacial score (nSPS) is 20.7. The number of fused-ring (bicyclic) bond motifs is 3. The number of aryl methyl sites for hydroxylation is 1. The molecule has 2 aromatic rings. The molecule has 2 amide bonds. The summed E-state index contributed by atoms with van der Waals surface area (Å²) in [5.41, 5.74) is 1.40. The van der Waals surface area contributed by atoms with Crippen LogP contribution in [0.2, 0.25) is 0 Å². The number of anilines is 1. The second-order valence-electron chi connectivity index (χ2n) is 7.90. The Morgan fingerprint density at radius 3 is 2.62 bits per heavy atom. The lowest BCUT2D eigenvalue weighted by Gasteiger charge is -2.50. The average Bonchev–Trinajstić information content (AvgIpc) is 3.04. The predicted octanol–water partition coefficient (Wildman–Crippen LogP) is 3.43. The first-order chi connectivity index (χ1) is 13.9. The number of rotatable bonds is 4. The van der Waals surface area contributed by atoms with Crippen molar-refractivity contribution in [1.82, 2.24) is 4.90 Å². The summed E-state index contributed by atoms with van der Waals surface area (Å²) < 4.78 is 5.69. The van der Waals surface area contributed by atoms with Gasteiger partial charge in [-0.25, -0.2) is 4.79 Å². The summed E-state index contributed by atoms with van der Waals surface area (Å²) in [6.07, 6.45) is 0.404. The van der Waals surface area contributed by atoms with Crippen LogP contribution in [0, 0.1) is 6.92 Å². The molecule has 0 radical (unpaired) electrons. The number of ether oxygens (including phenoxy) is 1. The molecule has 0 aliphatic carbocycles. The van der Waals surface area contributed by atoms with Crippen LogP contribution < -0.4 is 4.90 Å². The summed E-state index contributed by atoms with van der Waals surface area (Å²) in [4.78, 5) is 42.6. The van der Waals surface area contributed by atoms with Gasteiger partial charge >= 0.3 is 5.97 Å². The van der Waals surface area contributed by atoms with E-state index in [1.807, 2.05) is 45.0 Å². The Morgan fingerprint density at radius 1 is 1.14 bits per heavy atom. The van der Waals surface area contributed by atoms with Gasteiger partial charge in [0.15, 0.2) is 0 Å². The molecule has 0 spiro atoms. The van der Waals surface area contributed by atoms with Crippen molar-refractivity contribution < 1.29 is 19.1 Å². The van der Waals surface area contributed by atoms with Gasteiger partial charge in [-0.2, -0.15) is 0 Å². The van der Waals surface area contributed by atoms with Crippen LogP contribution in [0.5, 0.6) is 0 Å². The first-order valence-electron chi connectivity index (χ1n) is 9.85. The van der Waals surface area contributed by atoms with Gasteiger partial charge in [-0.15, -0.1) is 0 Å². The van der Waals surface area contributed by atoms with Gasteiger partial charge in [0.25, 0.3) is 5.91 Å². The minimum Gasteiger partial charge on any atom is -0.458 e. The molecule has 0 saturated carbocycles. The molecule has 4 rings (SSSR count). The van der Waals surface area contributed by atoms with Crippen molar-refractivity contribution in [1.29, 1.82) is 0 Å². The summed E-state index contributed by atoms with van der Waals surface area (Å²) in [6.45, 7) is 5.76. The van der Waals surface area contributed by atoms with E-state index in [0.717, 1.165) is 11.1 Å². The van der Waals surface area contributed by atoms with E-state index in [0.29, 0.717) is 11.3 Å². The Bertz CT molecular complexity index is 1000. The molecule has 6 nitrogen and oxygen atoms in total. The van der Waals surface area contributed by atoms with Gasteiger partial charge in [0, 0.05) is 18.9 Å². The quantitative estimate of drug-likeness (QED) is 0.748. The molecule has 2 aliphatic heterocycles. The molecule has 0 N–H and O–H groups in total. The molecular formula is C23H24N2O4. The van der Waals surface area contributed by atoms with Crippen molar-refractivity contribution >= 4 is 23.5 Å². The molecule has 6 heteroatoms. The van der Waals surface area contributed by atoms with Crippen LogP contribution in [0.15, 0.2) is 48.5 Å². The predicted molar refractivity (Wildman–Crippen MR) is 108 cm³/mol. The Balaban J connectivity index is 1.76. The maximum absolute atomic E-state index is 13.5. The number of carbonyl (C=O) groups excluding carboxylic acids is 3. The van der Waals surface area contributed by atoms with Crippen LogP contribution in [-0.4, -0.2) is 34.4 Å². The maximum atomic E-state index is 13.5. The monoisotopic (exact) mass is 392 g/mol. The van der Waals surface area contributed by atoms with Crippen LogP contribution in [-0.2, 0) is 20.9 Å². The van der Waals surface area contributed by atoms with Crippen molar-refractivity contribution in [2.75, 3.05) is 4.90 Å². The zero-order valence-electron chi connectivity index (χ0n) is 16.8. The van der Waals surface area contributed by atoms with E-state index in [2.05, 4.69) is 0 Å². The van der Waals surface area contributed by atoms with Crippen molar-refractivity contribution in [3.8, 4) is 0 Å². The zero-order chi connectivity index (χ0) is 20.8. The molecule has 29 heavy (non-hydrogen) atoms. The van der Waals surface area contributed by atoms with Gasteiger partial charge in [0.2, 0.25) is 11.6 Å².